The molecule has 0 radical (unpaired) electrons. The van der Waals surface area contributed by atoms with Crippen LogP contribution in [-0.4, -0.2) is 60.2 Å². The van der Waals surface area contributed by atoms with Gasteiger partial charge in [0.05, 0.1) is 6.61 Å². The van der Waals surface area contributed by atoms with Crippen molar-refractivity contribution in [3.8, 4) is 0 Å². The highest BCUT2D eigenvalue weighted by atomic mass is 16.5. The van der Waals surface area contributed by atoms with Gasteiger partial charge in [0.1, 0.15) is 18.2 Å². The molecule has 0 bridgehead atoms. The number of hydrogen-bond donors (Lipinski definition) is 3. The van der Waals surface area contributed by atoms with E-state index < -0.39 is 30.2 Å². The summed E-state index contributed by atoms with van der Waals surface area (Å²) >= 11 is 0. The van der Waals surface area contributed by atoms with Crippen LogP contribution >= 0.6 is 0 Å². The molecular weight excluding hydrogens is 374 g/mol. The number of likely N-dealkylation sites (N-methyl/N-ethyl adjacent to an activating group) is 1. The summed E-state index contributed by atoms with van der Waals surface area (Å²) < 4.78 is 5.94. The van der Waals surface area contributed by atoms with Gasteiger partial charge < -0.3 is 25.4 Å². The molecule has 0 aromatic heterocycles. The van der Waals surface area contributed by atoms with Gasteiger partial charge in [-0.05, 0) is 24.3 Å². The predicted molar refractivity (Wildman–Crippen MR) is 106 cm³/mol. The van der Waals surface area contributed by atoms with Gasteiger partial charge >= 0.3 is 6.09 Å². The first kappa shape index (κ1) is 21.1. The van der Waals surface area contributed by atoms with Crippen LogP contribution in [0.2, 0.25) is 0 Å². The third kappa shape index (κ3) is 5.26. The lowest BCUT2D eigenvalue weighted by Gasteiger charge is -2.32. The lowest BCUT2D eigenvalue weighted by Crippen LogP contribution is -2.57. The maximum Gasteiger partial charge on any atom is 0.405 e. The van der Waals surface area contributed by atoms with Crippen molar-refractivity contribution in [3.05, 3.63) is 35.9 Å². The number of carbonyl (C=O) groups is 3. The van der Waals surface area contributed by atoms with Gasteiger partial charge in [-0.1, -0.05) is 49.6 Å². The van der Waals surface area contributed by atoms with Gasteiger partial charge in [0, 0.05) is 13.6 Å². The summed E-state index contributed by atoms with van der Waals surface area (Å²) in [5.41, 5.74) is 0.793. The number of nitrogens with one attached hydrogen (secondary N) is 2. The molecule has 1 aliphatic carbocycles. The highest BCUT2D eigenvalue weighted by Crippen LogP contribution is 2.28. The monoisotopic (exact) mass is 403 g/mol. The van der Waals surface area contributed by atoms with E-state index in [1.807, 2.05) is 30.3 Å². The smallest absolute Gasteiger partial charge is 0.405 e. The van der Waals surface area contributed by atoms with Crippen LogP contribution in [0.4, 0.5) is 4.79 Å². The summed E-state index contributed by atoms with van der Waals surface area (Å²) in [4.78, 5) is 39.0. The second-order valence-corrected chi connectivity index (χ2v) is 7.77. The van der Waals surface area contributed by atoms with E-state index in [4.69, 9.17) is 4.74 Å². The van der Waals surface area contributed by atoms with Crippen LogP contribution in [-0.2, 0) is 14.3 Å². The summed E-state index contributed by atoms with van der Waals surface area (Å²) in [6.07, 6.45) is 2.73. The fourth-order valence-corrected chi connectivity index (χ4v) is 4.20. The normalized spacial score (nSPS) is 24.4. The number of amides is 3. The number of ether oxygens (including phenoxy) is 1. The molecule has 8 heteroatoms. The fraction of sp³-hybridized carbons (Fsp3) is 0.571. The van der Waals surface area contributed by atoms with E-state index in [0.29, 0.717) is 13.2 Å². The van der Waals surface area contributed by atoms with Crippen molar-refractivity contribution in [3.63, 3.8) is 0 Å². The minimum atomic E-state index is -1.24. The first-order valence-electron chi connectivity index (χ1n) is 10.2. The van der Waals surface area contributed by atoms with Crippen molar-refractivity contribution in [2.45, 2.75) is 50.3 Å². The Morgan fingerprint density at radius 2 is 1.86 bits per heavy atom. The third-order valence-electron chi connectivity index (χ3n) is 5.78. The Balaban J connectivity index is 1.83. The Morgan fingerprint density at radius 1 is 1.17 bits per heavy atom. The molecule has 1 saturated carbocycles. The van der Waals surface area contributed by atoms with Crippen molar-refractivity contribution in [1.82, 2.24) is 15.5 Å². The van der Waals surface area contributed by atoms with Crippen LogP contribution < -0.4 is 10.6 Å². The molecule has 3 N–H and O–H groups in total. The van der Waals surface area contributed by atoms with Gasteiger partial charge in [-0.25, -0.2) is 4.79 Å². The van der Waals surface area contributed by atoms with Crippen molar-refractivity contribution in [2.24, 2.45) is 5.92 Å². The number of rotatable bonds is 5. The summed E-state index contributed by atoms with van der Waals surface area (Å²) in [7, 11) is 1.67. The number of carbonyl (C=O) groups excluding carboxylic acids is 2. The molecule has 0 unspecified atom stereocenters. The van der Waals surface area contributed by atoms with Crippen LogP contribution in [0.25, 0.3) is 0 Å². The van der Waals surface area contributed by atoms with E-state index in [0.717, 1.165) is 37.7 Å². The van der Waals surface area contributed by atoms with Crippen LogP contribution in [0.3, 0.4) is 0 Å². The first-order chi connectivity index (χ1) is 14.0. The Kier molecular flexibility index (Phi) is 7.09. The van der Waals surface area contributed by atoms with E-state index in [1.54, 1.807) is 7.05 Å². The van der Waals surface area contributed by atoms with E-state index in [-0.39, 0.29) is 11.8 Å². The molecule has 0 spiro atoms. The fourth-order valence-electron chi connectivity index (χ4n) is 4.20. The van der Waals surface area contributed by atoms with E-state index in [2.05, 4.69) is 10.6 Å². The molecule has 2 fully saturated rings. The Hall–Kier alpha value is -2.61. The van der Waals surface area contributed by atoms with Crippen LogP contribution in [0.15, 0.2) is 30.3 Å². The van der Waals surface area contributed by atoms with Crippen molar-refractivity contribution in [2.75, 3.05) is 20.2 Å². The zero-order valence-corrected chi connectivity index (χ0v) is 16.7. The lowest BCUT2D eigenvalue weighted by atomic mass is 9.83. The standard InChI is InChI=1S/C21H29N3O5/c1-24-12-13-29-18(15-10-6-3-7-11-15)17(20(24)26)22-19(25)16(23-21(27)28)14-8-4-2-5-9-14/h3,6-7,10-11,14,16-18,23H,2,4-5,8-9,12-13H2,1H3,(H,22,25)(H,27,28)/t16-,17-,18+/m0/s1. The predicted octanol–water partition coefficient (Wildman–Crippen LogP) is 1.92. The number of carboxylic acid groups (broad SMARTS) is 1. The molecule has 29 heavy (non-hydrogen) atoms. The maximum atomic E-state index is 13.1. The first-order valence-corrected chi connectivity index (χ1v) is 10.2. The van der Waals surface area contributed by atoms with E-state index in [1.165, 1.54) is 4.90 Å². The molecule has 3 rings (SSSR count). The topological polar surface area (TPSA) is 108 Å². The summed E-state index contributed by atoms with van der Waals surface area (Å²) in [6, 6.07) is 7.50. The number of hydrogen-bond acceptors (Lipinski definition) is 4. The average Bonchev–Trinajstić information content (AvgIpc) is 2.86. The Morgan fingerprint density at radius 3 is 2.52 bits per heavy atom. The molecule has 3 atom stereocenters. The van der Waals surface area contributed by atoms with Crippen LogP contribution in [0, 0.1) is 5.92 Å². The molecule has 1 aromatic rings. The number of benzene rings is 1. The van der Waals surface area contributed by atoms with Gasteiger partial charge in [-0.2, -0.15) is 0 Å². The molecule has 158 valence electrons. The zero-order chi connectivity index (χ0) is 20.8. The van der Waals surface area contributed by atoms with Gasteiger partial charge in [-0.15, -0.1) is 0 Å². The summed E-state index contributed by atoms with van der Waals surface area (Å²) in [5, 5.41) is 14.4. The van der Waals surface area contributed by atoms with E-state index >= 15 is 0 Å². The highest BCUT2D eigenvalue weighted by Gasteiger charge is 2.39. The minimum absolute atomic E-state index is 0.0745. The highest BCUT2D eigenvalue weighted by molar-refractivity contribution is 5.92. The van der Waals surface area contributed by atoms with Crippen LogP contribution in [0.1, 0.15) is 43.8 Å². The maximum absolute atomic E-state index is 13.1. The minimum Gasteiger partial charge on any atom is -0.465 e. The number of nitrogens with zero attached hydrogens (tertiary/aromatic N) is 1. The van der Waals surface area contributed by atoms with E-state index in [9.17, 15) is 19.5 Å². The molecule has 1 aromatic carbocycles. The lowest BCUT2D eigenvalue weighted by molar-refractivity contribution is -0.137. The molecule has 1 aliphatic heterocycles. The van der Waals surface area contributed by atoms with Gasteiger partial charge in [0.2, 0.25) is 11.8 Å². The second-order valence-electron chi connectivity index (χ2n) is 7.77. The molecular formula is C21H29N3O5. The SMILES string of the molecule is CN1CCO[C@H](c2ccccc2)[C@H](NC(=O)[C@@H](NC(=O)O)C2CCCCC2)C1=O. The van der Waals surface area contributed by atoms with Crippen molar-refractivity contribution in [1.29, 1.82) is 0 Å². The van der Waals surface area contributed by atoms with Crippen molar-refractivity contribution >= 4 is 17.9 Å². The largest absolute Gasteiger partial charge is 0.465 e. The molecule has 1 saturated heterocycles. The second kappa shape index (κ2) is 9.73. The molecule has 2 aliphatic rings. The van der Waals surface area contributed by atoms with Crippen LogP contribution in [0.5, 0.6) is 0 Å². The van der Waals surface area contributed by atoms with Gasteiger partial charge in [0.15, 0.2) is 0 Å². The third-order valence-corrected chi connectivity index (χ3v) is 5.78. The average molecular weight is 403 g/mol. The molecule has 8 nitrogen and oxygen atoms in total. The Bertz CT molecular complexity index is 720. The quantitative estimate of drug-likeness (QED) is 0.696. The molecule has 3 amide bonds. The van der Waals surface area contributed by atoms with Gasteiger partial charge in [0.25, 0.3) is 0 Å². The Labute approximate surface area is 170 Å². The molecule has 1 heterocycles. The summed E-state index contributed by atoms with van der Waals surface area (Å²) in [5.74, 6) is -0.797. The zero-order valence-electron chi connectivity index (χ0n) is 16.7. The van der Waals surface area contributed by atoms with Crippen molar-refractivity contribution < 1.29 is 24.2 Å². The summed E-state index contributed by atoms with van der Waals surface area (Å²) in [6.45, 7) is 0.779. The van der Waals surface area contributed by atoms with Gasteiger partial charge in [-0.3, -0.25) is 9.59 Å².